The van der Waals surface area contributed by atoms with Gasteiger partial charge in [-0.15, -0.1) is 0 Å². The monoisotopic (exact) mass is 492 g/mol. The zero-order valence-electron chi connectivity index (χ0n) is 20.1. The Morgan fingerprint density at radius 3 is 1.74 bits per heavy atom. The molecular weight excluding hydrogens is 452 g/mol. The van der Waals surface area contributed by atoms with Gasteiger partial charge < -0.3 is 46.2 Å². The second-order valence-corrected chi connectivity index (χ2v) is 7.67. The topological polar surface area (TPSA) is 202 Å². The number of hydrogen-bond donors (Lipinski definition) is 5. The van der Waals surface area contributed by atoms with Crippen LogP contribution in [0.1, 0.15) is 33.1 Å². The van der Waals surface area contributed by atoms with E-state index in [9.17, 15) is 19.2 Å². The normalized spacial score (nSPS) is 12.8. The second kappa shape index (κ2) is 20.1. The van der Waals surface area contributed by atoms with Crippen LogP contribution < -0.4 is 22.1 Å². The van der Waals surface area contributed by atoms with E-state index < -0.39 is 35.8 Å². The SMILES string of the molecule is CC(C)C(NC(=O)[C@H](CCC(=O)O)NC(=O)CCOCCOCCOCCOCCN)C(N)=O. The predicted molar refractivity (Wildman–Crippen MR) is 122 cm³/mol. The minimum Gasteiger partial charge on any atom is -0.481 e. The number of ether oxygens (including phenoxy) is 4. The molecule has 0 aliphatic carbocycles. The van der Waals surface area contributed by atoms with E-state index in [1.807, 2.05) is 0 Å². The molecule has 3 amide bonds. The summed E-state index contributed by atoms with van der Waals surface area (Å²) in [6.07, 6.45) is -0.502. The maximum atomic E-state index is 12.5. The fourth-order valence-electron chi connectivity index (χ4n) is 2.63. The maximum absolute atomic E-state index is 12.5. The van der Waals surface area contributed by atoms with Gasteiger partial charge in [0.25, 0.3) is 0 Å². The number of amides is 3. The lowest BCUT2D eigenvalue weighted by Gasteiger charge is -2.23. The Morgan fingerprint density at radius 2 is 1.29 bits per heavy atom. The minimum atomic E-state index is -1.12. The first kappa shape index (κ1) is 31.7. The van der Waals surface area contributed by atoms with Gasteiger partial charge in [-0.1, -0.05) is 13.8 Å². The van der Waals surface area contributed by atoms with Crippen molar-refractivity contribution < 1.29 is 43.2 Å². The molecule has 0 radical (unpaired) electrons. The summed E-state index contributed by atoms with van der Waals surface area (Å²) in [4.78, 5) is 47.1. The van der Waals surface area contributed by atoms with E-state index in [1.165, 1.54) is 0 Å². The molecule has 0 aromatic heterocycles. The van der Waals surface area contributed by atoms with Gasteiger partial charge in [0, 0.05) is 19.4 Å². The Hall–Kier alpha value is -2.32. The van der Waals surface area contributed by atoms with Crippen molar-refractivity contribution in [1.82, 2.24) is 10.6 Å². The highest BCUT2D eigenvalue weighted by atomic mass is 16.6. The molecule has 0 aromatic carbocycles. The number of rotatable bonds is 22. The van der Waals surface area contributed by atoms with Crippen molar-refractivity contribution in [3.8, 4) is 0 Å². The molecule has 0 spiro atoms. The third-order valence-electron chi connectivity index (χ3n) is 4.42. The van der Waals surface area contributed by atoms with Gasteiger partial charge in [-0.05, 0) is 12.3 Å². The van der Waals surface area contributed by atoms with E-state index >= 15 is 0 Å². The van der Waals surface area contributed by atoms with Crippen molar-refractivity contribution in [3.63, 3.8) is 0 Å². The van der Waals surface area contributed by atoms with Crippen LogP contribution in [0.4, 0.5) is 0 Å². The summed E-state index contributed by atoms with van der Waals surface area (Å²) in [5.74, 6) is -3.26. The van der Waals surface area contributed by atoms with Crippen molar-refractivity contribution in [3.05, 3.63) is 0 Å². The summed E-state index contributed by atoms with van der Waals surface area (Å²) in [7, 11) is 0. The molecule has 1 unspecified atom stereocenters. The molecule has 0 saturated carbocycles. The van der Waals surface area contributed by atoms with Gasteiger partial charge in [0.2, 0.25) is 17.7 Å². The summed E-state index contributed by atoms with van der Waals surface area (Å²) in [5.41, 5.74) is 10.6. The van der Waals surface area contributed by atoms with Gasteiger partial charge in [0.1, 0.15) is 12.1 Å². The van der Waals surface area contributed by atoms with Crippen molar-refractivity contribution in [1.29, 1.82) is 0 Å². The lowest BCUT2D eigenvalue weighted by molar-refractivity contribution is -0.138. The lowest BCUT2D eigenvalue weighted by Crippen LogP contribution is -2.54. The molecule has 0 aliphatic rings. The average molecular weight is 493 g/mol. The van der Waals surface area contributed by atoms with Crippen molar-refractivity contribution in [2.45, 2.75) is 45.2 Å². The third kappa shape index (κ3) is 17.2. The highest BCUT2D eigenvalue weighted by Crippen LogP contribution is 2.04. The molecule has 0 aliphatic heterocycles. The molecule has 0 rings (SSSR count). The molecule has 0 bridgehead atoms. The Morgan fingerprint density at radius 1 is 0.794 bits per heavy atom. The highest BCUT2D eigenvalue weighted by Gasteiger charge is 2.27. The van der Waals surface area contributed by atoms with Crippen LogP contribution in [0.25, 0.3) is 0 Å². The number of carbonyl (C=O) groups is 4. The van der Waals surface area contributed by atoms with Gasteiger partial charge in [-0.25, -0.2) is 0 Å². The van der Waals surface area contributed by atoms with Crippen molar-refractivity contribution in [2.75, 3.05) is 59.4 Å². The number of carboxylic acid groups (broad SMARTS) is 1. The first-order chi connectivity index (χ1) is 16.2. The number of aliphatic carboxylic acids is 1. The largest absolute Gasteiger partial charge is 0.481 e. The summed E-state index contributed by atoms with van der Waals surface area (Å²) in [5, 5.41) is 13.9. The van der Waals surface area contributed by atoms with Crippen LogP contribution in [0.5, 0.6) is 0 Å². The zero-order chi connectivity index (χ0) is 25.8. The summed E-state index contributed by atoms with van der Waals surface area (Å²) in [6.45, 7) is 6.81. The first-order valence-electron chi connectivity index (χ1n) is 11.3. The number of nitrogens with one attached hydrogen (secondary N) is 2. The lowest BCUT2D eigenvalue weighted by atomic mass is 10.0. The molecule has 7 N–H and O–H groups in total. The number of hydrogen-bond acceptors (Lipinski definition) is 9. The molecule has 2 atom stereocenters. The molecule has 34 heavy (non-hydrogen) atoms. The van der Waals surface area contributed by atoms with Crippen LogP contribution in [-0.2, 0) is 38.1 Å². The molecule has 0 saturated heterocycles. The van der Waals surface area contributed by atoms with Crippen LogP contribution in [-0.4, -0.2) is 100 Å². The van der Waals surface area contributed by atoms with Gasteiger partial charge in [0.05, 0.1) is 52.9 Å². The summed E-state index contributed by atoms with van der Waals surface area (Å²) in [6, 6.07) is -2.05. The number of carbonyl (C=O) groups excluding carboxylic acids is 3. The molecule has 13 heteroatoms. The third-order valence-corrected chi connectivity index (χ3v) is 4.42. The molecule has 0 heterocycles. The smallest absolute Gasteiger partial charge is 0.303 e. The Labute approximate surface area is 200 Å². The Balaban J connectivity index is 4.16. The summed E-state index contributed by atoms with van der Waals surface area (Å²) >= 11 is 0. The zero-order valence-corrected chi connectivity index (χ0v) is 20.1. The number of carboxylic acids is 1. The van der Waals surface area contributed by atoms with E-state index in [1.54, 1.807) is 13.8 Å². The molecule has 0 aromatic rings. The van der Waals surface area contributed by atoms with Gasteiger partial charge >= 0.3 is 5.97 Å². The van der Waals surface area contributed by atoms with E-state index in [4.69, 9.17) is 35.5 Å². The number of nitrogens with two attached hydrogens (primary N) is 2. The van der Waals surface area contributed by atoms with Crippen LogP contribution in [0.15, 0.2) is 0 Å². The Bertz CT molecular complexity index is 605. The van der Waals surface area contributed by atoms with Gasteiger partial charge in [-0.2, -0.15) is 0 Å². The maximum Gasteiger partial charge on any atom is 0.303 e. The predicted octanol–water partition coefficient (Wildman–Crippen LogP) is -1.62. The van der Waals surface area contributed by atoms with E-state index in [0.717, 1.165) is 0 Å². The van der Waals surface area contributed by atoms with Crippen molar-refractivity contribution >= 4 is 23.7 Å². The van der Waals surface area contributed by atoms with Crippen molar-refractivity contribution in [2.24, 2.45) is 17.4 Å². The highest BCUT2D eigenvalue weighted by molar-refractivity contribution is 5.92. The van der Waals surface area contributed by atoms with Crippen LogP contribution in [0.3, 0.4) is 0 Å². The van der Waals surface area contributed by atoms with Gasteiger partial charge in [0.15, 0.2) is 0 Å². The first-order valence-corrected chi connectivity index (χ1v) is 11.3. The molecular formula is C21H40N4O9. The van der Waals surface area contributed by atoms with E-state index in [0.29, 0.717) is 46.2 Å². The van der Waals surface area contributed by atoms with E-state index in [-0.39, 0.29) is 38.4 Å². The summed E-state index contributed by atoms with van der Waals surface area (Å²) < 4.78 is 21.1. The Kier molecular flexibility index (Phi) is 18.7. The minimum absolute atomic E-state index is 0.0355. The molecule has 13 nitrogen and oxygen atoms in total. The second-order valence-electron chi connectivity index (χ2n) is 7.67. The van der Waals surface area contributed by atoms with Gasteiger partial charge in [-0.3, -0.25) is 19.2 Å². The fraction of sp³-hybridized carbons (Fsp3) is 0.810. The fourth-order valence-corrected chi connectivity index (χ4v) is 2.63. The average Bonchev–Trinajstić information content (AvgIpc) is 2.77. The molecule has 0 fully saturated rings. The van der Waals surface area contributed by atoms with Crippen LogP contribution in [0.2, 0.25) is 0 Å². The van der Waals surface area contributed by atoms with Crippen LogP contribution >= 0.6 is 0 Å². The molecule has 198 valence electrons. The number of primary amides is 1. The standard InChI is InChI=1S/C21H40N4O9/c1-15(2)19(20(23)29)25-21(30)16(3-4-18(27)28)24-17(26)5-7-31-9-11-33-13-14-34-12-10-32-8-6-22/h15-16,19H,3-14,22H2,1-2H3,(H2,23,29)(H,24,26)(H,25,30)(H,27,28)/t16-,19?/m0/s1. The van der Waals surface area contributed by atoms with E-state index in [2.05, 4.69) is 10.6 Å². The quantitative estimate of drug-likeness (QED) is 0.109. The van der Waals surface area contributed by atoms with Crippen LogP contribution in [0, 0.1) is 5.92 Å².